The van der Waals surface area contributed by atoms with E-state index in [1.807, 2.05) is 6.92 Å². The molecule has 3 rings (SSSR count). The van der Waals surface area contributed by atoms with Gasteiger partial charge in [-0.25, -0.2) is 18.4 Å². The lowest BCUT2D eigenvalue weighted by Crippen LogP contribution is -2.44. The maximum absolute atomic E-state index is 12.9. The Balaban J connectivity index is 1.70. The quantitative estimate of drug-likeness (QED) is 0.745. The van der Waals surface area contributed by atoms with Crippen LogP contribution in [0.4, 0.5) is 0 Å². The Bertz CT molecular complexity index is 828. The molecule has 0 N–H and O–H groups in total. The van der Waals surface area contributed by atoms with E-state index in [0.29, 0.717) is 30.3 Å². The molecular formula is C17H20ClN3O4S. The minimum Gasteiger partial charge on any atom is -0.494 e. The van der Waals surface area contributed by atoms with E-state index in [4.69, 9.17) is 21.1 Å². The number of hydrogen-bond acceptors (Lipinski definition) is 6. The number of rotatable bonds is 6. The fourth-order valence-electron chi connectivity index (χ4n) is 2.75. The second kappa shape index (κ2) is 8.20. The maximum Gasteiger partial charge on any atom is 0.316 e. The van der Waals surface area contributed by atoms with Gasteiger partial charge in [-0.1, -0.05) is 11.6 Å². The third kappa shape index (κ3) is 4.44. The van der Waals surface area contributed by atoms with E-state index in [-0.39, 0.29) is 23.6 Å². The highest BCUT2D eigenvalue weighted by Crippen LogP contribution is 2.24. The summed E-state index contributed by atoms with van der Waals surface area (Å²) in [7, 11) is -3.59. The third-order valence-electron chi connectivity index (χ3n) is 3.98. The first-order valence-electron chi connectivity index (χ1n) is 8.36. The molecule has 7 nitrogen and oxygen atoms in total. The van der Waals surface area contributed by atoms with E-state index in [0.717, 1.165) is 6.42 Å². The zero-order chi connectivity index (χ0) is 18.6. The number of piperidine rings is 1. The van der Waals surface area contributed by atoms with Crippen LogP contribution in [0.25, 0.3) is 0 Å². The highest BCUT2D eigenvalue weighted by molar-refractivity contribution is 7.89. The number of ether oxygens (including phenoxy) is 2. The first-order chi connectivity index (χ1) is 12.5. The monoisotopic (exact) mass is 397 g/mol. The Morgan fingerprint density at radius 1 is 1.23 bits per heavy atom. The van der Waals surface area contributed by atoms with Gasteiger partial charge in [0.25, 0.3) is 0 Å². The van der Waals surface area contributed by atoms with Gasteiger partial charge in [-0.05, 0) is 44.0 Å². The Labute approximate surface area is 158 Å². The second-order valence-corrected chi connectivity index (χ2v) is 8.21. The summed E-state index contributed by atoms with van der Waals surface area (Å²) in [5.41, 5.74) is 0. The molecule has 9 heteroatoms. The van der Waals surface area contributed by atoms with E-state index < -0.39 is 10.0 Å². The Morgan fingerprint density at radius 2 is 1.92 bits per heavy atom. The average Bonchev–Trinajstić information content (AvgIpc) is 2.65. The van der Waals surface area contributed by atoms with Crippen molar-refractivity contribution < 1.29 is 17.9 Å². The van der Waals surface area contributed by atoms with Crippen molar-refractivity contribution in [3.05, 3.63) is 41.7 Å². The predicted octanol–water partition coefficient (Wildman–Crippen LogP) is 2.76. The molecule has 1 aliphatic heterocycles. The summed E-state index contributed by atoms with van der Waals surface area (Å²) in [6.07, 6.45) is 4.03. The lowest BCUT2D eigenvalue weighted by Gasteiger charge is -2.31. The minimum atomic E-state index is -3.59. The molecule has 1 fully saturated rings. The van der Waals surface area contributed by atoms with E-state index in [1.165, 1.54) is 16.7 Å². The van der Waals surface area contributed by atoms with Crippen molar-refractivity contribution in [2.45, 2.75) is 30.8 Å². The van der Waals surface area contributed by atoms with Gasteiger partial charge in [0, 0.05) is 6.54 Å². The van der Waals surface area contributed by atoms with Gasteiger partial charge in [0.15, 0.2) is 0 Å². The van der Waals surface area contributed by atoms with Gasteiger partial charge in [0.2, 0.25) is 10.0 Å². The summed E-state index contributed by atoms with van der Waals surface area (Å²) in [6, 6.07) is 6.64. The number of nitrogens with zero attached hydrogens (tertiary/aromatic N) is 3. The third-order valence-corrected chi connectivity index (χ3v) is 6.06. The Morgan fingerprint density at radius 3 is 2.58 bits per heavy atom. The molecule has 0 unspecified atom stereocenters. The molecule has 1 aliphatic rings. The van der Waals surface area contributed by atoms with Crippen LogP contribution in [-0.2, 0) is 10.0 Å². The van der Waals surface area contributed by atoms with Crippen molar-refractivity contribution in [2.24, 2.45) is 0 Å². The fraction of sp³-hybridized carbons (Fsp3) is 0.412. The summed E-state index contributed by atoms with van der Waals surface area (Å²) in [5.74, 6) is 0.645. The Kier molecular flexibility index (Phi) is 5.95. The molecule has 0 spiro atoms. The molecule has 1 aromatic heterocycles. The molecule has 2 aromatic rings. The molecule has 1 aromatic carbocycles. The normalized spacial score (nSPS) is 18.5. The van der Waals surface area contributed by atoms with Crippen molar-refractivity contribution in [1.29, 1.82) is 0 Å². The van der Waals surface area contributed by atoms with Crippen LogP contribution in [-0.4, -0.2) is 48.5 Å². The number of benzene rings is 1. The lowest BCUT2D eigenvalue weighted by atomic mass is 10.1. The summed E-state index contributed by atoms with van der Waals surface area (Å²) >= 11 is 5.76. The topological polar surface area (TPSA) is 81.6 Å². The zero-order valence-electron chi connectivity index (χ0n) is 14.3. The molecule has 1 saturated heterocycles. The molecule has 0 saturated carbocycles. The largest absolute Gasteiger partial charge is 0.494 e. The lowest BCUT2D eigenvalue weighted by molar-refractivity contribution is 0.119. The van der Waals surface area contributed by atoms with Crippen molar-refractivity contribution >= 4 is 21.6 Å². The van der Waals surface area contributed by atoms with E-state index in [2.05, 4.69) is 9.97 Å². The molecule has 0 amide bonds. The van der Waals surface area contributed by atoms with Gasteiger partial charge in [0.05, 0.1) is 35.5 Å². The molecule has 0 aliphatic carbocycles. The van der Waals surface area contributed by atoms with Crippen LogP contribution < -0.4 is 9.47 Å². The van der Waals surface area contributed by atoms with Gasteiger partial charge in [-0.15, -0.1) is 0 Å². The molecule has 2 heterocycles. The van der Waals surface area contributed by atoms with Gasteiger partial charge >= 0.3 is 6.01 Å². The first-order valence-corrected chi connectivity index (χ1v) is 10.2. The fourth-order valence-corrected chi connectivity index (χ4v) is 4.36. The molecular weight excluding hydrogens is 378 g/mol. The highest BCUT2D eigenvalue weighted by atomic mass is 35.5. The van der Waals surface area contributed by atoms with Crippen LogP contribution >= 0.6 is 11.6 Å². The number of aromatic nitrogens is 2. The summed E-state index contributed by atoms with van der Waals surface area (Å²) in [4.78, 5) is 8.24. The van der Waals surface area contributed by atoms with Gasteiger partial charge < -0.3 is 9.47 Å². The average molecular weight is 398 g/mol. The molecule has 1 atom stereocenters. The first kappa shape index (κ1) is 18.9. The standard InChI is InChI=1S/C17H20ClN3O4S/c1-2-24-14-5-7-16(8-6-14)26(22,23)21-9-3-4-15(12-21)25-17-19-10-13(18)11-20-17/h5-8,10-11,15H,2-4,9,12H2,1H3/t15-/m0/s1. The van der Waals surface area contributed by atoms with Crippen molar-refractivity contribution in [3.63, 3.8) is 0 Å². The summed E-state index contributed by atoms with van der Waals surface area (Å²) < 4.78 is 38.3. The van der Waals surface area contributed by atoms with Crippen LogP contribution in [0, 0.1) is 0 Å². The van der Waals surface area contributed by atoms with E-state index in [9.17, 15) is 8.42 Å². The van der Waals surface area contributed by atoms with Crippen molar-refractivity contribution in [2.75, 3.05) is 19.7 Å². The van der Waals surface area contributed by atoms with Gasteiger partial charge in [-0.2, -0.15) is 4.31 Å². The molecule has 140 valence electrons. The SMILES string of the molecule is CCOc1ccc(S(=O)(=O)N2CCC[C@H](Oc3ncc(Cl)cn3)C2)cc1. The zero-order valence-corrected chi connectivity index (χ0v) is 15.9. The smallest absolute Gasteiger partial charge is 0.316 e. The van der Waals surface area contributed by atoms with Crippen molar-refractivity contribution in [3.8, 4) is 11.8 Å². The van der Waals surface area contributed by atoms with E-state index >= 15 is 0 Å². The Hall–Kier alpha value is -1.90. The number of sulfonamides is 1. The molecule has 0 radical (unpaired) electrons. The highest BCUT2D eigenvalue weighted by Gasteiger charge is 2.31. The summed E-state index contributed by atoms with van der Waals surface area (Å²) in [5, 5.41) is 0.417. The van der Waals surface area contributed by atoms with Crippen LogP contribution in [0.3, 0.4) is 0 Å². The van der Waals surface area contributed by atoms with Crippen LogP contribution in [0.5, 0.6) is 11.8 Å². The predicted molar refractivity (Wildman–Crippen MR) is 97.1 cm³/mol. The van der Waals surface area contributed by atoms with Crippen LogP contribution in [0.1, 0.15) is 19.8 Å². The molecule has 0 bridgehead atoms. The number of halogens is 1. The second-order valence-electron chi connectivity index (χ2n) is 5.83. The van der Waals surface area contributed by atoms with Crippen LogP contribution in [0.2, 0.25) is 5.02 Å². The van der Waals surface area contributed by atoms with Crippen molar-refractivity contribution in [1.82, 2.24) is 14.3 Å². The van der Waals surface area contributed by atoms with Gasteiger partial charge in [-0.3, -0.25) is 0 Å². The van der Waals surface area contributed by atoms with Crippen LogP contribution in [0.15, 0.2) is 41.6 Å². The van der Waals surface area contributed by atoms with E-state index in [1.54, 1.807) is 24.3 Å². The summed E-state index contributed by atoms with van der Waals surface area (Å²) in [6.45, 7) is 3.12. The number of hydrogen-bond donors (Lipinski definition) is 0. The minimum absolute atomic E-state index is 0.194. The van der Waals surface area contributed by atoms with Gasteiger partial charge in [0.1, 0.15) is 11.9 Å². The molecule has 26 heavy (non-hydrogen) atoms. The maximum atomic E-state index is 12.9.